The Morgan fingerprint density at radius 2 is 2.20 bits per heavy atom. The molecule has 0 bridgehead atoms. The van der Waals surface area contributed by atoms with Gasteiger partial charge >= 0.3 is 5.97 Å². The Kier molecular flexibility index (Phi) is 3.64. The number of carbonyl (C=O) groups excluding carboxylic acids is 1. The molecule has 1 unspecified atom stereocenters. The van der Waals surface area contributed by atoms with Crippen LogP contribution in [0.2, 0.25) is 0 Å². The second-order valence-corrected chi connectivity index (χ2v) is 4.49. The van der Waals surface area contributed by atoms with Gasteiger partial charge in [-0.1, -0.05) is 0 Å². The average Bonchev–Trinajstić information content (AvgIpc) is 2.70. The van der Waals surface area contributed by atoms with Gasteiger partial charge < -0.3 is 10.0 Å². The number of amides is 1. The normalized spacial score (nSPS) is 18.4. The third-order valence-corrected chi connectivity index (χ3v) is 3.12. The molecule has 8 heteroatoms. The summed E-state index contributed by atoms with van der Waals surface area (Å²) in [6, 6.07) is 1.99. The van der Waals surface area contributed by atoms with Gasteiger partial charge in [0.15, 0.2) is 0 Å². The Morgan fingerprint density at radius 3 is 2.80 bits per heavy atom. The predicted octanol–water partition coefficient (Wildman–Crippen LogP) is 1.31. The van der Waals surface area contributed by atoms with E-state index in [0.29, 0.717) is 0 Å². The predicted molar refractivity (Wildman–Crippen MR) is 64.3 cm³/mol. The van der Waals surface area contributed by atoms with E-state index in [9.17, 15) is 24.1 Å². The zero-order valence-corrected chi connectivity index (χ0v) is 10.3. The number of nitrogens with zero attached hydrogens (tertiary/aromatic N) is 2. The van der Waals surface area contributed by atoms with E-state index in [-0.39, 0.29) is 30.9 Å². The highest BCUT2D eigenvalue weighted by Crippen LogP contribution is 2.24. The van der Waals surface area contributed by atoms with Crippen LogP contribution in [-0.4, -0.2) is 32.8 Å². The number of halogens is 1. The molecule has 0 aliphatic carbocycles. The van der Waals surface area contributed by atoms with Gasteiger partial charge in [0.25, 0.3) is 5.69 Å². The first-order valence-electron chi connectivity index (χ1n) is 5.84. The molecule has 1 fully saturated rings. The highest BCUT2D eigenvalue weighted by atomic mass is 19.1. The van der Waals surface area contributed by atoms with Gasteiger partial charge in [0, 0.05) is 19.0 Å². The van der Waals surface area contributed by atoms with Crippen molar-refractivity contribution in [1.82, 2.24) is 4.90 Å². The van der Waals surface area contributed by atoms with Crippen molar-refractivity contribution < 1.29 is 24.0 Å². The first-order valence-corrected chi connectivity index (χ1v) is 5.84. The first kappa shape index (κ1) is 13.9. The fraction of sp³-hybridized carbons (Fsp3) is 0.333. The molecule has 1 aromatic carbocycles. The van der Waals surface area contributed by atoms with Gasteiger partial charge in [-0.15, -0.1) is 0 Å². The van der Waals surface area contributed by atoms with E-state index in [4.69, 9.17) is 5.11 Å². The molecule has 0 radical (unpaired) electrons. The SMILES string of the molecule is O=C(O)C1CCC(=O)N1Cc1cc(F)cc([N+](=O)[O-])c1. The van der Waals surface area contributed by atoms with Crippen molar-refractivity contribution >= 4 is 17.6 Å². The zero-order valence-electron chi connectivity index (χ0n) is 10.3. The molecule has 1 saturated heterocycles. The van der Waals surface area contributed by atoms with Crippen LogP contribution in [-0.2, 0) is 16.1 Å². The molecule has 0 aromatic heterocycles. The molecular formula is C12H11FN2O5. The summed E-state index contributed by atoms with van der Waals surface area (Å²) < 4.78 is 13.3. The van der Waals surface area contributed by atoms with Crippen LogP contribution in [0.5, 0.6) is 0 Å². The summed E-state index contributed by atoms with van der Waals surface area (Å²) in [6.45, 7) is -0.158. The van der Waals surface area contributed by atoms with Crippen molar-refractivity contribution in [2.24, 2.45) is 0 Å². The molecule has 1 heterocycles. The first-order chi connectivity index (χ1) is 9.38. The lowest BCUT2D eigenvalue weighted by Crippen LogP contribution is -2.37. The minimum Gasteiger partial charge on any atom is -0.480 e. The molecule has 2 rings (SSSR count). The fourth-order valence-corrected chi connectivity index (χ4v) is 2.22. The Bertz CT molecular complexity index is 589. The van der Waals surface area contributed by atoms with E-state index in [1.165, 1.54) is 0 Å². The summed E-state index contributed by atoms with van der Waals surface area (Å²) in [7, 11) is 0. The van der Waals surface area contributed by atoms with Crippen molar-refractivity contribution in [3.05, 3.63) is 39.7 Å². The van der Waals surface area contributed by atoms with Crippen LogP contribution < -0.4 is 0 Å². The lowest BCUT2D eigenvalue weighted by molar-refractivity contribution is -0.385. The number of carboxylic acid groups (broad SMARTS) is 1. The van der Waals surface area contributed by atoms with Gasteiger partial charge in [-0.05, 0) is 18.1 Å². The number of nitro benzene ring substituents is 1. The summed E-state index contributed by atoms with van der Waals surface area (Å²) in [5.41, 5.74) is -0.239. The number of likely N-dealkylation sites (tertiary alicyclic amines) is 1. The van der Waals surface area contributed by atoms with Crippen LogP contribution in [0.15, 0.2) is 18.2 Å². The minimum atomic E-state index is -1.14. The van der Waals surface area contributed by atoms with Crippen LogP contribution in [0, 0.1) is 15.9 Å². The number of nitro groups is 1. The minimum absolute atomic E-state index is 0.106. The standard InChI is InChI=1S/C12H11FN2O5/c13-8-3-7(4-9(5-8)15(19)20)6-14-10(12(17)18)1-2-11(14)16/h3-5,10H,1-2,6H2,(H,17,18). The lowest BCUT2D eigenvalue weighted by atomic mass is 10.1. The second kappa shape index (κ2) is 5.24. The van der Waals surface area contributed by atoms with Crippen LogP contribution in [0.4, 0.5) is 10.1 Å². The van der Waals surface area contributed by atoms with Gasteiger partial charge in [0.05, 0.1) is 11.0 Å². The second-order valence-electron chi connectivity index (χ2n) is 4.49. The van der Waals surface area contributed by atoms with E-state index in [1.54, 1.807) is 0 Å². The summed E-state index contributed by atoms with van der Waals surface area (Å²) in [5, 5.41) is 19.6. The monoisotopic (exact) mass is 282 g/mol. The molecule has 1 N–H and O–H groups in total. The number of hydrogen-bond acceptors (Lipinski definition) is 4. The number of aliphatic carboxylic acids is 1. The third-order valence-electron chi connectivity index (χ3n) is 3.12. The quantitative estimate of drug-likeness (QED) is 0.662. The molecule has 1 aliphatic heterocycles. The summed E-state index contributed by atoms with van der Waals surface area (Å²) in [4.78, 5) is 33.6. The van der Waals surface area contributed by atoms with Gasteiger partial charge in [0.2, 0.25) is 5.91 Å². The molecule has 106 valence electrons. The number of non-ortho nitro benzene ring substituents is 1. The molecule has 7 nitrogen and oxygen atoms in total. The molecule has 1 aliphatic rings. The highest BCUT2D eigenvalue weighted by Gasteiger charge is 2.36. The van der Waals surface area contributed by atoms with E-state index in [2.05, 4.69) is 0 Å². The van der Waals surface area contributed by atoms with Gasteiger partial charge in [-0.2, -0.15) is 0 Å². The number of benzene rings is 1. The van der Waals surface area contributed by atoms with E-state index in [0.717, 1.165) is 23.1 Å². The number of rotatable bonds is 4. The molecule has 1 aromatic rings. The maximum absolute atomic E-state index is 13.3. The highest BCUT2D eigenvalue weighted by molar-refractivity contribution is 5.87. The molecule has 1 amide bonds. The Labute approximate surface area is 112 Å². The van der Waals surface area contributed by atoms with Gasteiger partial charge in [-0.3, -0.25) is 14.9 Å². The van der Waals surface area contributed by atoms with Crippen LogP contribution >= 0.6 is 0 Å². The number of carboxylic acids is 1. The lowest BCUT2D eigenvalue weighted by Gasteiger charge is -2.21. The maximum Gasteiger partial charge on any atom is 0.326 e. The van der Waals surface area contributed by atoms with Crippen LogP contribution in [0.1, 0.15) is 18.4 Å². The van der Waals surface area contributed by atoms with E-state index in [1.807, 2.05) is 0 Å². The third kappa shape index (κ3) is 2.73. The van der Waals surface area contributed by atoms with Crippen molar-refractivity contribution in [2.75, 3.05) is 0 Å². The average molecular weight is 282 g/mol. The summed E-state index contributed by atoms with van der Waals surface area (Å²) in [6.07, 6.45) is 0.292. The smallest absolute Gasteiger partial charge is 0.326 e. The molecular weight excluding hydrogens is 271 g/mol. The van der Waals surface area contributed by atoms with E-state index < -0.39 is 28.4 Å². The van der Waals surface area contributed by atoms with Crippen LogP contribution in [0.3, 0.4) is 0 Å². The van der Waals surface area contributed by atoms with Gasteiger partial charge in [-0.25, -0.2) is 9.18 Å². The Hall–Kier alpha value is -2.51. The number of hydrogen-bond donors (Lipinski definition) is 1. The molecule has 20 heavy (non-hydrogen) atoms. The number of carbonyl (C=O) groups is 2. The maximum atomic E-state index is 13.3. The van der Waals surface area contributed by atoms with Crippen molar-refractivity contribution in [3.63, 3.8) is 0 Å². The Morgan fingerprint density at radius 1 is 1.50 bits per heavy atom. The van der Waals surface area contributed by atoms with E-state index >= 15 is 0 Å². The largest absolute Gasteiger partial charge is 0.480 e. The molecule has 0 saturated carbocycles. The molecule has 0 spiro atoms. The topological polar surface area (TPSA) is 101 Å². The fourth-order valence-electron chi connectivity index (χ4n) is 2.22. The Balaban J connectivity index is 2.26. The summed E-state index contributed by atoms with van der Waals surface area (Å²) in [5.74, 6) is -2.29. The van der Waals surface area contributed by atoms with Crippen molar-refractivity contribution in [1.29, 1.82) is 0 Å². The van der Waals surface area contributed by atoms with Gasteiger partial charge in [0.1, 0.15) is 11.9 Å². The zero-order chi connectivity index (χ0) is 14.9. The van der Waals surface area contributed by atoms with Crippen molar-refractivity contribution in [2.45, 2.75) is 25.4 Å². The summed E-state index contributed by atoms with van der Waals surface area (Å²) >= 11 is 0. The van der Waals surface area contributed by atoms with Crippen molar-refractivity contribution in [3.8, 4) is 0 Å². The molecule has 1 atom stereocenters. The van der Waals surface area contributed by atoms with Crippen LogP contribution in [0.25, 0.3) is 0 Å².